The number of nitrogens with zero attached hydrogens (tertiary/aromatic N) is 2. The van der Waals surface area contributed by atoms with Gasteiger partial charge in [-0.3, -0.25) is 4.79 Å². The molecule has 1 fully saturated rings. The quantitative estimate of drug-likeness (QED) is 0.743. The lowest BCUT2D eigenvalue weighted by molar-refractivity contribution is -0.116. The largest absolute Gasteiger partial charge is 0.325 e. The molecular formula is C19H17Cl2N3O3S. The lowest BCUT2D eigenvalue weighted by Crippen LogP contribution is -2.35. The maximum absolute atomic E-state index is 12.7. The molecule has 1 amide bonds. The van der Waals surface area contributed by atoms with Gasteiger partial charge in [-0.1, -0.05) is 35.3 Å². The van der Waals surface area contributed by atoms with E-state index in [4.69, 9.17) is 23.2 Å². The molecule has 28 heavy (non-hydrogen) atoms. The molecule has 0 spiro atoms. The molecule has 0 aromatic heterocycles. The Kier molecular flexibility index (Phi) is 5.69. The number of nitriles is 1. The molecule has 2 aromatic carbocycles. The maximum atomic E-state index is 12.7. The summed E-state index contributed by atoms with van der Waals surface area (Å²) in [6, 6.07) is 13.4. The second kappa shape index (κ2) is 7.72. The summed E-state index contributed by atoms with van der Waals surface area (Å²) < 4.78 is 26.2. The molecule has 2 aromatic rings. The highest BCUT2D eigenvalue weighted by Gasteiger charge is 2.44. The fourth-order valence-corrected chi connectivity index (χ4v) is 4.65. The van der Waals surface area contributed by atoms with Crippen LogP contribution in [-0.4, -0.2) is 32.2 Å². The van der Waals surface area contributed by atoms with Crippen molar-refractivity contribution in [3.8, 4) is 6.07 Å². The van der Waals surface area contributed by atoms with Crippen LogP contribution in [0.3, 0.4) is 0 Å². The number of nitrogens with one attached hydrogen (secondary N) is 1. The summed E-state index contributed by atoms with van der Waals surface area (Å²) in [7, 11) is -2.69. The Morgan fingerprint density at radius 2 is 1.86 bits per heavy atom. The van der Waals surface area contributed by atoms with E-state index >= 15 is 0 Å². The summed E-state index contributed by atoms with van der Waals surface area (Å²) in [6.07, 6.45) is 1.67. The smallest absolute Gasteiger partial charge is 0.244 e. The van der Waals surface area contributed by atoms with Crippen LogP contribution in [0.4, 0.5) is 5.69 Å². The van der Waals surface area contributed by atoms with Gasteiger partial charge in [0.15, 0.2) is 0 Å². The van der Waals surface area contributed by atoms with Crippen molar-refractivity contribution in [2.45, 2.75) is 23.2 Å². The average molecular weight is 438 g/mol. The number of hydrogen-bond acceptors (Lipinski definition) is 4. The Hall–Kier alpha value is -2.11. The normalized spacial score (nSPS) is 15.1. The molecule has 0 saturated heterocycles. The summed E-state index contributed by atoms with van der Waals surface area (Å²) in [6.45, 7) is -0.394. The minimum absolute atomic E-state index is 0.0266. The SMILES string of the molecule is CN(CC(=O)Nc1ccc(C2(C#N)CC2)cc1)S(=O)(=O)c1cc(Cl)ccc1Cl. The number of rotatable bonds is 6. The van der Waals surface area contributed by atoms with E-state index in [9.17, 15) is 18.5 Å². The summed E-state index contributed by atoms with van der Waals surface area (Å²) >= 11 is 11.8. The van der Waals surface area contributed by atoms with Gasteiger partial charge in [0, 0.05) is 17.8 Å². The van der Waals surface area contributed by atoms with Gasteiger partial charge in [-0.05, 0) is 48.7 Å². The minimum atomic E-state index is -3.98. The number of carbonyl (C=O) groups is 1. The van der Waals surface area contributed by atoms with Gasteiger partial charge in [0.1, 0.15) is 4.90 Å². The van der Waals surface area contributed by atoms with Crippen molar-refractivity contribution >= 4 is 44.8 Å². The van der Waals surface area contributed by atoms with E-state index in [0.29, 0.717) is 5.69 Å². The molecule has 0 atom stereocenters. The number of amides is 1. The highest BCUT2D eigenvalue weighted by Crippen LogP contribution is 2.47. The summed E-state index contributed by atoms with van der Waals surface area (Å²) in [5, 5.41) is 12.1. The van der Waals surface area contributed by atoms with Crippen LogP contribution in [-0.2, 0) is 20.2 Å². The monoisotopic (exact) mass is 437 g/mol. The fraction of sp³-hybridized carbons (Fsp3) is 0.263. The number of sulfonamides is 1. The van der Waals surface area contributed by atoms with E-state index in [1.165, 1.54) is 25.2 Å². The van der Waals surface area contributed by atoms with Gasteiger partial charge in [-0.15, -0.1) is 0 Å². The number of hydrogen-bond donors (Lipinski definition) is 1. The molecular weight excluding hydrogens is 421 g/mol. The maximum Gasteiger partial charge on any atom is 0.244 e. The molecule has 1 aliphatic rings. The first kappa shape index (κ1) is 20.6. The van der Waals surface area contributed by atoms with Gasteiger partial charge in [0.2, 0.25) is 15.9 Å². The van der Waals surface area contributed by atoms with Crippen molar-refractivity contribution in [2.24, 2.45) is 0 Å². The van der Waals surface area contributed by atoms with Crippen LogP contribution in [0.25, 0.3) is 0 Å². The molecule has 146 valence electrons. The minimum Gasteiger partial charge on any atom is -0.325 e. The van der Waals surface area contributed by atoms with E-state index in [-0.39, 0.29) is 14.9 Å². The zero-order chi connectivity index (χ0) is 20.5. The topological polar surface area (TPSA) is 90.3 Å². The highest BCUT2D eigenvalue weighted by atomic mass is 35.5. The van der Waals surface area contributed by atoms with Crippen molar-refractivity contribution in [1.82, 2.24) is 4.31 Å². The van der Waals surface area contributed by atoms with Gasteiger partial charge in [-0.2, -0.15) is 9.57 Å². The van der Waals surface area contributed by atoms with Gasteiger partial charge < -0.3 is 5.32 Å². The van der Waals surface area contributed by atoms with Gasteiger partial charge in [-0.25, -0.2) is 8.42 Å². The number of likely N-dealkylation sites (N-methyl/N-ethyl adjacent to an activating group) is 1. The third kappa shape index (κ3) is 4.15. The number of halogens is 2. The lowest BCUT2D eigenvalue weighted by Gasteiger charge is -2.18. The van der Waals surface area contributed by atoms with Crippen molar-refractivity contribution in [1.29, 1.82) is 5.26 Å². The second-order valence-corrected chi connectivity index (χ2v) is 9.51. The van der Waals surface area contributed by atoms with Crippen LogP contribution < -0.4 is 5.32 Å². The Morgan fingerprint density at radius 3 is 2.43 bits per heavy atom. The molecule has 1 aliphatic carbocycles. The van der Waals surface area contributed by atoms with Gasteiger partial charge in [0.05, 0.1) is 23.1 Å². The molecule has 0 heterocycles. The predicted molar refractivity (Wildman–Crippen MR) is 108 cm³/mol. The van der Waals surface area contributed by atoms with Crippen LogP contribution in [0.15, 0.2) is 47.4 Å². The zero-order valence-electron chi connectivity index (χ0n) is 14.9. The van der Waals surface area contributed by atoms with E-state index in [1.54, 1.807) is 24.3 Å². The molecule has 1 saturated carbocycles. The second-order valence-electron chi connectivity index (χ2n) is 6.66. The third-order valence-corrected chi connectivity index (χ3v) is 7.15. The standard InChI is InChI=1S/C19H17Cl2N3O3S/c1-24(28(26,27)17-10-14(20)4-7-16(17)21)11-18(25)23-15-5-2-13(3-6-15)19(12-22)8-9-19/h2-7,10H,8-9,11H2,1H3,(H,23,25). The molecule has 3 rings (SSSR count). The van der Waals surface area contributed by atoms with Crippen molar-refractivity contribution in [3.05, 3.63) is 58.1 Å². The van der Waals surface area contributed by atoms with Gasteiger partial charge >= 0.3 is 0 Å². The Labute approximate surface area is 173 Å². The first-order chi connectivity index (χ1) is 13.2. The van der Waals surface area contributed by atoms with Crippen LogP contribution in [0.1, 0.15) is 18.4 Å². The van der Waals surface area contributed by atoms with Gasteiger partial charge in [0.25, 0.3) is 0 Å². The molecule has 9 heteroatoms. The fourth-order valence-electron chi connectivity index (χ4n) is 2.79. The molecule has 0 radical (unpaired) electrons. The van der Waals surface area contributed by atoms with Crippen LogP contribution >= 0.6 is 23.2 Å². The zero-order valence-corrected chi connectivity index (χ0v) is 17.3. The molecule has 0 bridgehead atoms. The van der Waals surface area contributed by atoms with E-state index in [1.807, 2.05) is 0 Å². The molecule has 1 N–H and O–H groups in total. The number of carbonyl (C=O) groups excluding carboxylic acids is 1. The summed E-state index contributed by atoms with van der Waals surface area (Å²) in [4.78, 5) is 12.1. The average Bonchev–Trinajstić information content (AvgIpc) is 3.45. The summed E-state index contributed by atoms with van der Waals surface area (Å²) in [5.41, 5.74) is 1.05. The lowest BCUT2D eigenvalue weighted by atomic mass is 9.98. The Morgan fingerprint density at radius 1 is 1.21 bits per heavy atom. The first-order valence-corrected chi connectivity index (χ1v) is 10.6. The summed E-state index contributed by atoms with van der Waals surface area (Å²) in [5.74, 6) is -0.501. The van der Waals surface area contributed by atoms with Crippen molar-refractivity contribution in [2.75, 3.05) is 18.9 Å². The van der Waals surface area contributed by atoms with Crippen LogP contribution in [0.5, 0.6) is 0 Å². The Balaban J connectivity index is 1.67. The van der Waals surface area contributed by atoms with Crippen molar-refractivity contribution in [3.63, 3.8) is 0 Å². The molecule has 0 aliphatic heterocycles. The van der Waals surface area contributed by atoms with Crippen molar-refractivity contribution < 1.29 is 13.2 Å². The van der Waals surface area contributed by atoms with E-state index in [0.717, 1.165) is 22.7 Å². The Bertz CT molecular complexity index is 1060. The predicted octanol–water partition coefficient (Wildman–Crippen LogP) is 3.81. The first-order valence-electron chi connectivity index (χ1n) is 8.41. The number of anilines is 1. The molecule has 0 unspecified atom stereocenters. The number of benzene rings is 2. The van der Waals surface area contributed by atoms with E-state index < -0.39 is 27.9 Å². The van der Waals surface area contributed by atoms with E-state index in [2.05, 4.69) is 11.4 Å². The third-order valence-electron chi connectivity index (χ3n) is 4.63. The van der Waals surface area contributed by atoms with Crippen LogP contribution in [0, 0.1) is 11.3 Å². The highest BCUT2D eigenvalue weighted by molar-refractivity contribution is 7.89. The molecule has 6 nitrogen and oxygen atoms in total. The van der Waals surface area contributed by atoms with Crippen LogP contribution in [0.2, 0.25) is 10.0 Å².